The predicted molar refractivity (Wildman–Crippen MR) is 61.9 cm³/mol. The summed E-state index contributed by atoms with van der Waals surface area (Å²) in [5.41, 5.74) is -0.202. The number of nitrogens with one attached hydrogen (secondary N) is 2. The van der Waals surface area contributed by atoms with Crippen molar-refractivity contribution in [2.75, 3.05) is 13.6 Å². The molecule has 2 N–H and O–H groups in total. The van der Waals surface area contributed by atoms with E-state index in [4.69, 9.17) is 0 Å². The van der Waals surface area contributed by atoms with E-state index in [-0.39, 0.29) is 18.5 Å². The molecule has 0 bridgehead atoms. The average Bonchev–Trinajstić information content (AvgIpc) is 2.33. The van der Waals surface area contributed by atoms with Gasteiger partial charge >= 0.3 is 6.18 Å². The lowest BCUT2D eigenvalue weighted by Gasteiger charge is -2.22. The molecule has 19 heavy (non-hydrogen) atoms. The standard InChI is InChI=1S/C12H14F4N2O/c1-17-7-6-10(19)18-11(12(14,15)16)8-2-4-9(13)5-3-8/h2-5,11,17H,6-7H2,1H3,(H,18,19). The van der Waals surface area contributed by atoms with Crippen molar-refractivity contribution in [1.82, 2.24) is 10.6 Å². The number of rotatable bonds is 5. The van der Waals surface area contributed by atoms with Gasteiger partial charge in [-0.05, 0) is 24.7 Å². The lowest BCUT2D eigenvalue weighted by Crippen LogP contribution is -2.38. The van der Waals surface area contributed by atoms with Crippen LogP contribution in [0.2, 0.25) is 0 Å². The van der Waals surface area contributed by atoms with Crippen LogP contribution in [0.3, 0.4) is 0 Å². The number of carbonyl (C=O) groups excluding carboxylic acids is 1. The molecule has 106 valence electrons. The van der Waals surface area contributed by atoms with Gasteiger partial charge in [0.05, 0.1) is 0 Å². The molecule has 1 aromatic rings. The third kappa shape index (κ3) is 4.86. The smallest absolute Gasteiger partial charge is 0.341 e. The van der Waals surface area contributed by atoms with E-state index in [0.29, 0.717) is 0 Å². The van der Waals surface area contributed by atoms with E-state index in [1.807, 2.05) is 5.32 Å². The van der Waals surface area contributed by atoms with Gasteiger partial charge < -0.3 is 10.6 Å². The van der Waals surface area contributed by atoms with E-state index < -0.39 is 23.9 Å². The van der Waals surface area contributed by atoms with Gasteiger partial charge in [0.25, 0.3) is 0 Å². The summed E-state index contributed by atoms with van der Waals surface area (Å²) in [6, 6.07) is 1.73. The maximum absolute atomic E-state index is 12.9. The highest BCUT2D eigenvalue weighted by atomic mass is 19.4. The molecule has 0 radical (unpaired) electrons. The number of hydrogen-bond acceptors (Lipinski definition) is 2. The summed E-state index contributed by atoms with van der Waals surface area (Å²) in [6.45, 7) is 0.278. The number of alkyl halides is 3. The third-order valence-corrected chi connectivity index (χ3v) is 2.44. The van der Waals surface area contributed by atoms with Crippen LogP contribution >= 0.6 is 0 Å². The Morgan fingerprint density at radius 2 is 1.84 bits per heavy atom. The summed E-state index contributed by atoms with van der Waals surface area (Å²) in [7, 11) is 1.59. The monoisotopic (exact) mass is 278 g/mol. The number of halogens is 4. The number of amides is 1. The second-order valence-electron chi connectivity index (χ2n) is 3.95. The van der Waals surface area contributed by atoms with Gasteiger partial charge in [-0.3, -0.25) is 4.79 Å². The Morgan fingerprint density at radius 3 is 2.32 bits per heavy atom. The molecule has 0 spiro atoms. The minimum atomic E-state index is -4.63. The van der Waals surface area contributed by atoms with Crippen LogP contribution in [0, 0.1) is 5.82 Å². The maximum Gasteiger partial charge on any atom is 0.412 e. The molecule has 0 aliphatic heterocycles. The first kappa shape index (κ1) is 15.4. The molecule has 3 nitrogen and oxygen atoms in total. The number of carbonyl (C=O) groups is 1. The fourth-order valence-electron chi connectivity index (χ4n) is 1.48. The van der Waals surface area contributed by atoms with Crippen molar-refractivity contribution in [2.24, 2.45) is 0 Å². The highest BCUT2D eigenvalue weighted by Gasteiger charge is 2.41. The molecule has 0 saturated carbocycles. The van der Waals surface area contributed by atoms with Crippen LogP contribution in [0.5, 0.6) is 0 Å². The lowest BCUT2D eigenvalue weighted by molar-refractivity contribution is -0.163. The zero-order valence-corrected chi connectivity index (χ0v) is 10.2. The minimum Gasteiger partial charge on any atom is -0.341 e. The van der Waals surface area contributed by atoms with E-state index in [1.165, 1.54) is 0 Å². The predicted octanol–water partition coefficient (Wildman–Crippen LogP) is 2.15. The SMILES string of the molecule is CNCCC(=O)NC(c1ccc(F)cc1)C(F)(F)F. The molecular weight excluding hydrogens is 264 g/mol. The summed E-state index contributed by atoms with van der Waals surface area (Å²) in [6.07, 6.45) is -4.70. The van der Waals surface area contributed by atoms with Crippen LogP contribution in [0.15, 0.2) is 24.3 Å². The van der Waals surface area contributed by atoms with E-state index in [1.54, 1.807) is 7.05 Å². The molecule has 0 aliphatic rings. The van der Waals surface area contributed by atoms with E-state index in [2.05, 4.69) is 5.32 Å². The first-order valence-electron chi connectivity index (χ1n) is 5.60. The summed E-state index contributed by atoms with van der Waals surface area (Å²) < 4.78 is 51.3. The lowest BCUT2D eigenvalue weighted by atomic mass is 10.1. The molecule has 0 aliphatic carbocycles. The quantitative estimate of drug-likeness (QED) is 0.810. The van der Waals surface area contributed by atoms with E-state index in [0.717, 1.165) is 24.3 Å². The molecular formula is C12H14F4N2O. The fraction of sp³-hybridized carbons (Fsp3) is 0.417. The number of benzene rings is 1. The molecule has 0 aromatic heterocycles. The summed E-state index contributed by atoms with van der Waals surface area (Å²) in [5, 5.41) is 4.57. The molecule has 1 atom stereocenters. The van der Waals surface area contributed by atoms with Gasteiger partial charge in [0.1, 0.15) is 5.82 Å². The first-order chi connectivity index (χ1) is 8.84. The minimum absolute atomic E-state index is 0.0652. The van der Waals surface area contributed by atoms with E-state index in [9.17, 15) is 22.4 Å². The average molecular weight is 278 g/mol. The van der Waals surface area contributed by atoms with Crippen molar-refractivity contribution in [2.45, 2.75) is 18.6 Å². The van der Waals surface area contributed by atoms with Crippen LogP contribution in [0.25, 0.3) is 0 Å². The molecule has 1 aromatic carbocycles. The van der Waals surface area contributed by atoms with Crippen LogP contribution in [-0.2, 0) is 4.79 Å². The van der Waals surface area contributed by atoms with Crippen LogP contribution in [0.1, 0.15) is 18.0 Å². The van der Waals surface area contributed by atoms with Crippen molar-refractivity contribution < 1.29 is 22.4 Å². The van der Waals surface area contributed by atoms with Gasteiger partial charge in [-0.1, -0.05) is 12.1 Å². The molecule has 0 heterocycles. The van der Waals surface area contributed by atoms with Gasteiger partial charge in [-0.2, -0.15) is 13.2 Å². The Balaban J connectivity index is 2.84. The van der Waals surface area contributed by atoms with Crippen LogP contribution in [-0.4, -0.2) is 25.7 Å². The topological polar surface area (TPSA) is 41.1 Å². The van der Waals surface area contributed by atoms with Gasteiger partial charge in [-0.25, -0.2) is 4.39 Å². The van der Waals surface area contributed by atoms with Crippen LogP contribution in [0.4, 0.5) is 17.6 Å². The molecule has 7 heteroatoms. The van der Waals surface area contributed by atoms with Crippen molar-refractivity contribution in [3.05, 3.63) is 35.6 Å². The van der Waals surface area contributed by atoms with Crippen LogP contribution < -0.4 is 10.6 Å². The Labute approximate surface area is 108 Å². The molecule has 1 rings (SSSR count). The second kappa shape index (κ2) is 6.51. The third-order valence-electron chi connectivity index (χ3n) is 2.44. The molecule has 1 amide bonds. The Bertz CT molecular complexity index is 417. The second-order valence-corrected chi connectivity index (χ2v) is 3.95. The van der Waals surface area contributed by atoms with Gasteiger partial charge in [-0.15, -0.1) is 0 Å². The van der Waals surface area contributed by atoms with E-state index >= 15 is 0 Å². The van der Waals surface area contributed by atoms with Crippen molar-refractivity contribution in [3.8, 4) is 0 Å². The summed E-state index contributed by atoms with van der Waals surface area (Å²) in [4.78, 5) is 11.4. The highest BCUT2D eigenvalue weighted by Crippen LogP contribution is 2.32. The maximum atomic E-state index is 12.9. The highest BCUT2D eigenvalue weighted by molar-refractivity contribution is 5.76. The Kier molecular flexibility index (Phi) is 5.29. The molecule has 1 unspecified atom stereocenters. The molecule has 0 saturated heterocycles. The normalized spacial score (nSPS) is 13.1. The summed E-state index contributed by atoms with van der Waals surface area (Å²) >= 11 is 0. The zero-order chi connectivity index (χ0) is 14.5. The summed E-state index contributed by atoms with van der Waals surface area (Å²) in [5.74, 6) is -1.35. The van der Waals surface area contributed by atoms with Gasteiger partial charge in [0.2, 0.25) is 5.91 Å². The van der Waals surface area contributed by atoms with Crippen molar-refractivity contribution in [1.29, 1.82) is 0 Å². The fourth-order valence-corrected chi connectivity index (χ4v) is 1.48. The largest absolute Gasteiger partial charge is 0.412 e. The van der Waals surface area contributed by atoms with Gasteiger partial charge in [0.15, 0.2) is 6.04 Å². The number of hydrogen-bond donors (Lipinski definition) is 2. The van der Waals surface area contributed by atoms with Crippen molar-refractivity contribution in [3.63, 3.8) is 0 Å². The zero-order valence-electron chi connectivity index (χ0n) is 10.2. The molecule has 0 fully saturated rings. The first-order valence-corrected chi connectivity index (χ1v) is 5.60. The Morgan fingerprint density at radius 1 is 1.26 bits per heavy atom. The van der Waals surface area contributed by atoms with Gasteiger partial charge in [0, 0.05) is 13.0 Å². The Hall–Kier alpha value is -1.63. The van der Waals surface area contributed by atoms with Crippen molar-refractivity contribution >= 4 is 5.91 Å².